The Bertz CT molecular complexity index is 535. The van der Waals surface area contributed by atoms with E-state index in [1.807, 2.05) is 23.1 Å². The molecule has 0 saturated carbocycles. The maximum atomic E-state index is 12.1. The van der Waals surface area contributed by atoms with Crippen molar-refractivity contribution in [1.29, 1.82) is 0 Å². The third-order valence-corrected chi connectivity index (χ3v) is 5.08. The Hall–Kier alpha value is -1.59. The summed E-state index contributed by atoms with van der Waals surface area (Å²) in [4.78, 5) is 16.4. The van der Waals surface area contributed by atoms with Gasteiger partial charge in [0.15, 0.2) is 6.61 Å². The Labute approximate surface area is 145 Å². The van der Waals surface area contributed by atoms with Gasteiger partial charge in [0.25, 0.3) is 5.91 Å². The van der Waals surface area contributed by atoms with Gasteiger partial charge in [-0.15, -0.1) is 0 Å². The second-order valence-electron chi connectivity index (χ2n) is 6.94. The minimum atomic E-state index is 0.102. The summed E-state index contributed by atoms with van der Waals surface area (Å²) in [5.74, 6) is 0.927. The van der Waals surface area contributed by atoms with Crippen molar-refractivity contribution in [1.82, 2.24) is 15.1 Å². The normalized spacial score (nSPS) is 19.6. The summed E-state index contributed by atoms with van der Waals surface area (Å²) in [7, 11) is 2.18. The number of piperidine rings is 1. The molecule has 5 heteroatoms. The number of carbonyl (C=O) groups excluding carboxylic acids is 1. The second kappa shape index (κ2) is 8.49. The fourth-order valence-electron chi connectivity index (χ4n) is 3.45. The number of ether oxygens (including phenoxy) is 1. The van der Waals surface area contributed by atoms with Gasteiger partial charge in [-0.25, -0.2) is 0 Å². The van der Waals surface area contributed by atoms with Crippen LogP contribution < -0.4 is 10.1 Å². The van der Waals surface area contributed by atoms with Gasteiger partial charge in [0.2, 0.25) is 0 Å². The molecular formula is C19H29N3O2. The molecule has 0 bridgehead atoms. The first kappa shape index (κ1) is 17.2. The van der Waals surface area contributed by atoms with Gasteiger partial charge in [0, 0.05) is 31.2 Å². The van der Waals surface area contributed by atoms with Crippen LogP contribution in [0, 0.1) is 0 Å². The summed E-state index contributed by atoms with van der Waals surface area (Å²) in [5, 5.41) is 3.64. The Balaban J connectivity index is 1.50. The largest absolute Gasteiger partial charge is 0.483 e. The van der Waals surface area contributed by atoms with Crippen molar-refractivity contribution in [2.24, 2.45) is 0 Å². The lowest BCUT2D eigenvalue weighted by atomic mass is 10.1. The molecule has 0 unspecified atom stereocenters. The Morgan fingerprint density at radius 1 is 1.17 bits per heavy atom. The number of carbonyl (C=O) groups is 1. The Morgan fingerprint density at radius 2 is 1.88 bits per heavy atom. The maximum Gasteiger partial charge on any atom is 0.260 e. The number of hydrogen-bond acceptors (Lipinski definition) is 4. The molecule has 0 spiro atoms. The molecule has 0 atom stereocenters. The number of rotatable bonds is 6. The molecule has 5 nitrogen and oxygen atoms in total. The van der Waals surface area contributed by atoms with Crippen LogP contribution in [0.5, 0.6) is 5.75 Å². The molecule has 1 N–H and O–H groups in total. The lowest BCUT2D eigenvalue weighted by Gasteiger charge is -2.29. The molecule has 2 fully saturated rings. The van der Waals surface area contributed by atoms with Crippen LogP contribution >= 0.6 is 0 Å². The quantitative estimate of drug-likeness (QED) is 0.864. The van der Waals surface area contributed by atoms with Crippen LogP contribution in [0.4, 0.5) is 0 Å². The van der Waals surface area contributed by atoms with Crippen molar-refractivity contribution in [2.75, 3.05) is 39.8 Å². The Kier molecular flexibility index (Phi) is 6.10. The topological polar surface area (TPSA) is 44.8 Å². The standard InChI is InChI=1S/C19H29N3O2/c1-21-12-8-17(9-13-21)20-14-16-6-2-3-7-18(16)24-15-19(23)22-10-4-5-11-22/h2-3,6-7,17,20H,4-5,8-15H2,1H3. The Morgan fingerprint density at radius 3 is 2.62 bits per heavy atom. The zero-order chi connectivity index (χ0) is 16.8. The number of benzene rings is 1. The molecule has 2 aliphatic heterocycles. The summed E-state index contributed by atoms with van der Waals surface area (Å²) in [6, 6.07) is 8.61. The number of likely N-dealkylation sites (tertiary alicyclic amines) is 2. The van der Waals surface area contributed by atoms with E-state index in [-0.39, 0.29) is 12.5 Å². The van der Waals surface area contributed by atoms with Crippen LogP contribution in [0.1, 0.15) is 31.2 Å². The molecule has 1 amide bonds. The van der Waals surface area contributed by atoms with E-state index in [9.17, 15) is 4.79 Å². The van der Waals surface area contributed by atoms with Crippen molar-refractivity contribution in [3.05, 3.63) is 29.8 Å². The van der Waals surface area contributed by atoms with Crippen molar-refractivity contribution in [3.63, 3.8) is 0 Å². The van der Waals surface area contributed by atoms with Crippen LogP contribution in [0.2, 0.25) is 0 Å². The van der Waals surface area contributed by atoms with Crippen LogP contribution in [0.3, 0.4) is 0 Å². The number of nitrogens with one attached hydrogen (secondary N) is 1. The van der Waals surface area contributed by atoms with E-state index >= 15 is 0 Å². The van der Waals surface area contributed by atoms with Crippen molar-refractivity contribution in [3.8, 4) is 5.75 Å². The molecule has 0 radical (unpaired) electrons. The SMILES string of the molecule is CN1CCC(NCc2ccccc2OCC(=O)N2CCCC2)CC1. The van der Waals surface area contributed by atoms with E-state index < -0.39 is 0 Å². The molecule has 0 aromatic heterocycles. The molecule has 1 aromatic rings. The third kappa shape index (κ3) is 4.71. The first-order valence-corrected chi connectivity index (χ1v) is 9.13. The number of para-hydroxylation sites is 1. The highest BCUT2D eigenvalue weighted by atomic mass is 16.5. The summed E-state index contributed by atoms with van der Waals surface area (Å²) in [6.45, 7) is 5.00. The average molecular weight is 331 g/mol. The lowest BCUT2D eigenvalue weighted by molar-refractivity contribution is -0.132. The highest BCUT2D eigenvalue weighted by Crippen LogP contribution is 2.19. The summed E-state index contributed by atoms with van der Waals surface area (Å²) in [5.41, 5.74) is 1.13. The minimum absolute atomic E-state index is 0.102. The molecule has 2 aliphatic rings. The zero-order valence-corrected chi connectivity index (χ0v) is 14.7. The van der Waals surface area contributed by atoms with E-state index in [1.54, 1.807) is 0 Å². The highest BCUT2D eigenvalue weighted by molar-refractivity contribution is 5.78. The maximum absolute atomic E-state index is 12.1. The van der Waals surface area contributed by atoms with Crippen molar-refractivity contribution >= 4 is 5.91 Å². The van der Waals surface area contributed by atoms with E-state index in [0.29, 0.717) is 6.04 Å². The molecule has 0 aliphatic carbocycles. The minimum Gasteiger partial charge on any atom is -0.483 e. The van der Waals surface area contributed by atoms with Gasteiger partial charge < -0.3 is 19.9 Å². The number of hydrogen-bond donors (Lipinski definition) is 1. The predicted octanol–water partition coefficient (Wildman–Crippen LogP) is 1.87. The van der Waals surface area contributed by atoms with Gasteiger partial charge in [-0.2, -0.15) is 0 Å². The molecule has 2 saturated heterocycles. The molecule has 3 rings (SSSR count). The second-order valence-corrected chi connectivity index (χ2v) is 6.94. The smallest absolute Gasteiger partial charge is 0.260 e. The molecule has 2 heterocycles. The van der Waals surface area contributed by atoms with Crippen LogP contribution in [0.25, 0.3) is 0 Å². The first-order valence-electron chi connectivity index (χ1n) is 9.13. The van der Waals surface area contributed by atoms with Gasteiger partial charge in [0.05, 0.1) is 0 Å². The van der Waals surface area contributed by atoms with Crippen molar-refractivity contribution in [2.45, 2.75) is 38.3 Å². The lowest BCUT2D eigenvalue weighted by Crippen LogP contribution is -2.40. The summed E-state index contributed by atoms with van der Waals surface area (Å²) >= 11 is 0. The van der Waals surface area contributed by atoms with E-state index in [2.05, 4.69) is 23.3 Å². The van der Waals surface area contributed by atoms with E-state index in [4.69, 9.17) is 4.74 Å². The van der Waals surface area contributed by atoms with E-state index in [1.165, 1.54) is 12.8 Å². The molecule has 1 aromatic carbocycles. The highest BCUT2D eigenvalue weighted by Gasteiger charge is 2.19. The summed E-state index contributed by atoms with van der Waals surface area (Å²) < 4.78 is 5.83. The first-order chi connectivity index (χ1) is 11.7. The van der Waals surface area contributed by atoms with E-state index in [0.717, 1.165) is 56.9 Å². The molecule has 24 heavy (non-hydrogen) atoms. The number of nitrogens with zero attached hydrogens (tertiary/aromatic N) is 2. The average Bonchev–Trinajstić information content (AvgIpc) is 3.14. The fraction of sp³-hybridized carbons (Fsp3) is 0.632. The van der Waals surface area contributed by atoms with Gasteiger partial charge in [0.1, 0.15) is 5.75 Å². The number of amides is 1. The third-order valence-electron chi connectivity index (χ3n) is 5.08. The van der Waals surface area contributed by atoms with Gasteiger partial charge in [-0.1, -0.05) is 18.2 Å². The van der Waals surface area contributed by atoms with Gasteiger partial charge in [-0.05, 0) is 51.9 Å². The van der Waals surface area contributed by atoms with Gasteiger partial charge in [-0.3, -0.25) is 4.79 Å². The van der Waals surface area contributed by atoms with Crippen LogP contribution in [0.15, 0.2) is 24.3 Å². The van der Waals surface area contributed by atoms with Crippen molar-refractivity contribution < 1.29 is 9.53 Å². The van der Waals surface area contributed by atoms with Gasteiger partial charge >= 0.3 is 0 Å². The summed E-state index contributed by atoms with van der Waals surface area (Å²) in [6.07, 6.45) is 4.60. The molecule has 132 valence electrons. The molecular weight excluding hydrogens is 302 g/mol. The zero-order valence-electron chi connectivity index (χ0n) is 14.7. The predicted molar refractivity (Wildman–Crippen MR) is 95.1 cm³/mol. The monoisotopic (exact) mass is 331 g/mol. The van der Waals surface area contributed by atoms with Crippen LogP contribution in [-0.4, -0.2) is 61.6 Å². The fourth-order valence-corrected chi connectivity index (χ4v) is 3.45. The van der Waals surface area contributed by atoms with Crippen LogP contribution in [-0.2, 0) is 11.3 Å².